The number of hydrogen-bond acceptors (Lipinski definition) is 2. The third-order valence-corrected chi connectivity index (χ3v) is 6.29. The van der Waals surface area contributed by atoms with Crippen molar-refractivity contribution in [2.45, 2.75) is 38.1 Å². The Labute approximate surface area is 140 Å². The van der Waals surface area contributed by atoms with Gasteiger partial charge in [0.2, 0.25) is 5.91 Å². The number of halogens is 1. The van der Waals surface area contributed by atoms with E-state index in [1.807, 2.05) is 6.07 Å². The molecule has 1 saturated heterocycles. The predicted molar refractivity (Wildman–Crippen MR) is 91.8 cm³/mol. The molecule has 0 radical (unpaired) electrons. The first-order valence-corrected chi connectivity index (χ1v) is 9.29. The summed E-state index contributed by atoms with van der Waals surface area (Å²) in [5, 5.41) is 3.36. The number of nitrogens with zero attached hydrogens (tertiary/aromatic N) is 1. The summed E-state index contributed by atoms with van der Waals surface area (Å²) in [6.45, 7) is 1.83. The lowest BCUT2D eigenvalue weighted by molar-refractivity contribution is -0.125. The standard InChI is InChI=1S/C18H23BrN2O/c19-15-2-1-3-16(10-15)21-7-6-14(11-21)18(22)20-17-9-12-4-5-13(17)8-12/h1-3,10,12-14,17H,4-9,11H2,(H,20,22)/t12-,13+,14?,17-/m1/s1. The molecule has 2 aliphatic carbocycles. The van der Waals surface area contributed by atoms with Gasteiger partial charge in [0.15, 0.2) is 0 Å². The molecule has 4 atom stereocenters. The lowest BCUT2D eigenvalue weighted by Crippen LogP contribution is -2.42. The first kappa shape index (κ1) is 14.6. The van der Waals surface area contributed by atoms with Crippen LogP contribution in [0.3, 0.4) is 0 Å². The van der Waals surface area contributed by atoms with E-state index in [2.05, 4.69) is 44.3 Å². The summed E-state index contributed by atoms with van der Waals surface area (Å²) in [4.78, 5) is 14.9. The molecule has 3 nitrogen and oxygen atoms in total. The van der Waals surface area contributed by atoms with Crippen LogP contribution in [0.15, 0.2) is 28.7 Å². The fraction of sp³-hybridized carbons (Fsp3) is 0.611. The highest BCUT2D eigenvalue weighted by Crippen LogP contribution is 2.44. The third-order valence-electron chi connectivity index (χ3n) is 5.80. The molecule has 1 amide bonds. The van der Waals surface area contributed by atoms with E-state index in [0.29, 0.717) is 6.04 Å². The van der Waals surface area contributed by atoms with Gasteiger partial charge < -0.3 is 10.2 Å². The van der Waals surface area contributed by atoms with E-state index in [-0.39, 0.29) is 11.8 Å². The smallest absolute Gasteiger partial charge is 0.225 e. The van der Waals surface area contributed by atoms with E-state index in [4.69, 9.17) is 0 Å². The third kappa shape index (κ3) is 2.78. The van der Waals surface area contributed by atoms with Gasteiger partial charge >= 0.3 is 0 Å². The molecule has 1 aliphatic heterocycles. The Hall–Kier alpha value is -1.03. The summed E-state index contributed by atoms with van der Waals surface area (Å²) >= 11 is 3.52. The fourth-order valence-electron chi connectivity index (χ4n) is 4.60. The van der Waals surface area contributed by atoms with Crippen LogP contribution in [-0.2, 0) is 4.79 Å². The minimum atomic E-state index is 0.151. The second-order valence-corrected chi connectivity index (χ2v) is 8.12. The van der Waals surface area contributed by atoms with Gasteiger partial charge in [0, 0.05) is 29.3 Å². The molecule has 1 aromatic carbocycles. The Balaban J connectivity index is 1.35. The number of amides is 1. The van der Waals surface area contributed by atoms with Crippen molar-refractivity contribution in [1.29, 1.82) is 0 Å². The molecule has 0 aromatic heterocycles. The fourth-order valence-corrected chi connectivity index (χ4v) is 4.99. The Morgan fingerprint density at radius 2 is 2.14 bits per heavy atom. The van der Waals surface area contributed by atoms with Crippen LogP contribution in [0.5, 0.6) is 0 Å². The van der Waals surface area contributed by atoms with Crippen LogP contribution in [0.1, 0.15) is 32.1 Å². The van der Waals surface area contributed by atoms with Crippen molar-refractivity contribution < 1.29 is 4.79 Å². The zero-order valence-corrected chi connectivity index (χ0v) is 14.4. The number of benzene rings is 1. The molecule has 1 heterocycles. The molecule has 1 aromatic rings. The Morgan fingerprint density at radius 3 is 2.86 bits per heavy atom. The topological polar surface area (TPSA) is 32.3 Å². The van der Waals surface area contributed by atoms with Gasteiger partial charge in [0.1, 0.15) is 0 Å². The molecule has 3 aliphatic rings. The maximum atomic E-state index is 12.6. The van der Waals surface area contributed by atoms with Crippen LogP contribution >= 0.6 is 15.9 Å². The molecule has 22 heavy (non-hydrogen) atoms. The zero-order valence-electron chi connectivity index (χ0n) is 12.8. The van der Waals surface area contributed by atoms with Gasteiger partial charge in [-0.25, -0.2) is 0 Å². The quantitative estimate of drug-likeness (QED) is 0.890. The normalized spacial score (nSPS) is 33.4. The Morgan fingerprint density at radius 1 is 1.23 bits per heavy atom. The van der Waals surface area contributed by atoms with Crippen LogP contribution in [0.4, 0.5) is 5.69 Å². The van der Waals surface area contributed by atoms with Gasteiger partial charge in [-0.15, -0.1) is 0 Å². The van der Waals surface area contributed by atoms with Crippen molar-refractivity contribution >= 4 is 27.5 Å². The van der Waals surface area contributed by atoms with Crippen molar-refractivity contribution in [1.82, 2.24) is 5.32 Å². The number of carbonyl (C=O) groups is 1. The summed E-state index contributed by atoms with van der Waals surface area (Å²) < 4.78 is 1.10. The number of hydrogen-bond donors (Lipinski definition) is 1. The first-order chi connectivity index (χ1) is 10.7. The average molecular weight is 363 g/mol. The van der Waals surface area contributed by atoms with E-state index in [1.165, 1.54) is 31.4 Å². The van der Waals surface area contributed by atoms with Crippen molar-refractivity contribution in [3.8, 4) is 0 Å². The molecule has 4 rings (SSSR count). The van der Waals surface area contributed by atoms with Crippen LogP contribution in [0.25, 0.3) is 0 Å². The van der Waals surface area contributed by atoms with Gasteiger partial charge in [-0.05, 0) is 55.7 Å². The molecule has 3 fully saturated rings. The lowest BCUT2D eigenvalue weighted by Gasteiger charge is -2.25. The molecule has 2 saturated carbocycles. The van der Waals surface area contributed by atoms with Crippen molar-refractivity contribution in [3.05, 3.63) is 28.7 Å². The Kier molecular flexibility index (Phi) is 3.89. The summed E-state index contributed by atoms with van der Waals surface area (Å²) in [5.41, 5.74) is 1.21. The van der Waals surface area contributed by atoms with Gasteiger partial charge in [-0.2, -0.15) is 0 Å². The van der Waals surface area contributed by atoms with Gasteiger partial charge in [-0.3, -0.25) is 4.79 Å². The summed E-state index contributed by atoms with van der Waals surface area (Å²) in [5.74, 6) is 2.08. The molecular weight excluding hydrogens is 340 g/mol. The molecule has 1 unspecified atom stereocenters. The van der Waals surface area contributed by atoms with Crippen molar-refractivity contribution in [3.63, 3.8) is 0 Å². The van der Waals surface area contributed by atoms with E-state index in [1.54, 1.807) is 0 Å². The van der Waals surface area contributed by atoms with Gasteiger partial charge in [-0.1, -0.05) is 28.4 Å². The number of anilines is 1. The van der Waals surface area contributed by atoms with Gasteiger partial charge in [0.05, 0.1) is 5.92 Å². The summed E-state index contributed by atoms with van der Waals surface area (Å²) in [6.07, 6.45) is 6.25. The average Bonchev–Trinajstić information content (AvgIpc) is 3.23. The highest BCUT2D eigenvalue weighted by atomic mass is 79.9. The Bertz CT molecular complexity index is 576. The van der Waals surface area contributed by atoms with Crippen LogP contribution < -0.4 is 10.2 Å². The molecule has 1 N–H and O–H groups in total. The monoisotopic (exact) mass is 362 g/mol. The molecule has 4 heteroatoms. The number of carbonyl (C=O) groups excluding carboxylic acids is 1. The largest absolute Gasteiger partial charge is 0.371 e. The van der Waals surface area contributed by atoms with E-state index in [9.17, 15) is 4.79 Å². The number of fused-ring (bicyclic) bond motifs is 2. The van der Waals surface area contributed by atoms with Crippen molar-refractivity contribution in [2.75, 3.05) is 18.0 Å². The maximum Gasteiger partial charge on any atom is 0.225 e. The summed E-state index contributed by atoms with van der Waals surface area (Å²) in [7, 11) is 0. The summed E-state index contributed by atoms with van der Waals surface area (Å²) in [6, 6.07) is 8.82. The number of rotatable bonds is 3. The minimum Gasteiger partial charge on any atom is -0.371 e. The SMILES string of the molecule is O=C(N[C@@H]1C[C@@H]2CC[C@H]1C2)C1CCN(c2cccc(Br)c2)C1. The number of nitrogens with one attached hydrogen (secondary N) is 1. The highest BCUT2D eigenvalue weighted by molar-refractivity contribution is 9.10. The molecule has 0 spiro atoms. The van der Waals surface area contributed by atoms with E-state index >= 15 is 0 Å². The van der Waals surface area contributed by atoms with Crippen molar-refractivity contribution in [2.24, 2.45) is 17.8 Å². The van der Waals surface area contributed by atoms with Gasteiger partial charge in [0.25, 0.3) is 0 Å². The van der Waals surface area contributed by atoms with Crippen LogP contribution in [0, 0.1) is 17.8 Å². The second-order valence-electron chi connectivity index (χ2n) is 7.20. The molecule has 118 valence electrons. The zero-order chi connectivity index (χ0) is 15.1. The van der Waals surface area contributed by atoms with E-state index in [0.717, 1.165) is 35.8 Å². The lowest BCUT2D eigenvalue weighted by atomic mass is 9.94. The minimum absolute atomic E-state index is 0.151. The molecule has 2 bridgehead atoms. The van der Waals surface area contributed by atoms with Crippen LogP contribution in [0.2, 0.25) is 0 Å². The maximum absolute atomic E-state index is 12.6. The van der Waals surface area contributed by atoms with Crippen LogP contribution in [-0.4, -0.2) is 25.0 Å². The molecular formula is C18H23BrN2O. The second kappa shape index (κ2) is 5.88. The first-order valence-electron chi connectivity index (χ1n) is 8.50. The highest BCUT2D eigenvalue weighted by Gasteiger charge is 2.41. The van der Waals surface area contributed by atoms with E-state index < -0.39 is 0 Å². The predicted octanol–water partition coefficient (Wildman–Crippen LogP) is 3.58.